The van der Waals surface area contributed by atoms with Crippen molar-refractivity contribution in [2.75, 3.05) is 11.9 Å². The summed E-state index contributed by atoms with van der Waals surface area (Å²) < 4.78 is 5.63. The predicted octanol–water partition coefficient (Wildman–Crippen LogP) is 4.69. The molecule has 33 heavy (non-hydrogen) atoms. The summed E-state index contributed by atoms with van der Waals surface area (Å²) in [5.41, 5.74) is 9.05. The van der Waals surface area contributed by atoms with Gasteiger partial charge in [0.25, 0.3) is 0 Å². The first-order chi connectivity index (χ1) is 15.8. The predicted molar refractivity (Wildman–Crippen MR) is 130 cm³/mol. The third-order valence-corrected chi connectivity index (χ3v) is 7.24. The van der Waals surface area contributed by atoms with E-state index >= 15 is 0 Å². The highest BCUT2D eigenvalue weighted by Crippen LogP contribution is 2.42. The van der Waals surface area contributed by atoms with Gasteiger partial charge >= 0.3 is 0 Å². The van der Waals surface area contributed by atoms with Gasteiger partial charge in [-0.3, -0.25) is 14.7 Å². The zero-order valence-electron chi connectivity index (χ0n) is 19.1. The van der Waals surface area contributed by atoms with Gasteiger partial charge in [0, 0.05) is 29.8 Å². The number of ether oxygens (including phenoxy) is 1. The number of anilines is 2. The fourth-order valence-electron chi connectivity index (χ4n) is 4.91. The Balaban J connectivity index is 1.40. The zero-order chi connectivity index (χ0) is 23.2. The Hall–Kier alpha value is -2.64. The Bertz CT molecular complexity index is 1080. The van der Waals surface area contributed by atoms with Crippen LogP contribution in [-0.4, -0.2) is 40.5 Å². The molecule has 0 radical (unpaired) electrons. The van der Waals surface area contributed by atoms with Crippen molar-refractivity contribution in [3.8, 4) is 0 Å². The molecule has 5 rings (SSSR count). The van der Waals surface area contributed by atoms with Crippen molar-refractivity contribution >= 4 is 34.8 Å². The van der Waals surface area contributed by atoms with Crippen LogP contribution in [0.25, 0.3) is 0 Å². The summed E-state index contributed by atoms with van der Waals surface area (Å²) in [5.74, 6) is 0.836. The molecule has 7 nitrogen and oxygen atoms in total. The number of nitrogens with zero attached hydrogens (tertiary/aromatic N) is 3. The van der Waals surface area contributed by atoms with Crippen molar-refractivity contribution in [2.45, 2.75) is 69.6 Å². The van der Waals surface area contributed by atoms with Crippen LogP contribution in [0.5, 0.6) is 0 Å². The standard InChI is InChI=1S/C25H30ClN5O2/c1-15-12-18(10-11-33-15)31-22(32)13-25(2,30-24(31)27)19-4-3-5-21(23(19)26)29-17-8-9-20(28-14-17)16-6-7-16/h3-5,8-9,14-16,18,29H,6-7,10-13H2,1-2H3,(H2,27,30)/t15-,18-,25+/m1/s1. The highest BCUT2D eigenvalue weighted by atomic mass is 35.5. The van der Waals surface area contributed by atoms with Gasteiger partial charge in [-0.1, -0.05) is 23.7 Å². The van der Waals surface area contributed by atoms with Gasteiger partial charge in [0.2, 0.25) is 5.91 Å². The molecule has 3 atom stereocenters. The molecule has 0 spiro atoms. The minimum atomic E-state index is -0.836. The molecule has 0 unspecified atom stereocenters. The van der Waals surface area contributed by atoms with Gasteiger partial charge in [0.05, 0.1) is 40.7 Å². The Morgan fingerprint density at radius 1 is 1.24 bits per heavy atom. The summed E-state index contributed by atoms with van der Waals surface area (Å²) in [6, 6.07) is 9.86. The molecular weight excluding hydrogens is 438 g/mol. The van der Waals surface area contributed by atoms with E-state index in [9.17, 15) is 4.79 Å². The van der Waals surface area contributed by atoms with Crippen LogP contribution in [0.3, 0.4) is 0 Å². The van der Waals surface area contributed by atoms with E-state index in [0.29, 0.717) is 17.5 Å². The molecule has 174 valence electrons. The molecule has 1 saturated heterocycles. The van der Waals surface area contributed by atoms with Crippen LogP contribution in [0.15, 0.2) is 41.5 Å². The zero-order valence-corrected chi connectivity index (χ0v) is 19.8. The van der Waals surface area contributed by atoms with E-state index in [1.54, 1.807) is 4.90 Å². The van der Waals surface area contributed by atoms with Crippen LogP contribution in [0.2, 0.25) is 5.02 Å². The SMILES string of the molecule is C[C@@H]1C[C@H](N2C(=O)C[C@@](C)(c3cccc(Nc4ccc(C5CC5)nc4)c3Cl)N=C2N)CCO1. The van der Waals surface area contributed by atoms with E-state index < -0.39 is 5.54 Å². The van der Waals surface area contributed by atoms with E-state index in [1.165, 1.54) is 12.8 Å². The molecular formula is C25H30ClN5O2. The van der Waals surface area contributed by atoms with Crippen LogP contribution in [0.4, 0.5) is 11.4 Å². The van der Waals surface area contributed by atoms with Crippen molar-refractivity contribution in [1.82, 2.24) is 9.88 Å². The lowest BCUT2D eigenvalue weighted by Gasteiger charge is -2.41. The number of rotatable bonds is 5. The van der Waals surface area contributed by atoms with Gasteiger partial charge in [-0.2, -0.15) is 0 Å². The normalized spacial score (nSPS) is 27.9. The summed E-state index contributed by atoms with van der Waals surface area (Å²) in [7, 11) is 0. The van der Waals surface area contributed by atoms with E-state index in [0.717, 1.165) is 35.5 Å². The fourth-order valence-corrected chi connectivity index (χ4v) is 5.29. The lowest BCUT2D eigenvalue weighted by Crippen LogP contribution is -2.56. The van der Waals surface area contributed by atoms with Crippen LogP contribution in [0.1, 0.15) is 63.1 Å². The fraction of sp³-hybridized carbons (Fsp3) is 0.480. The van der Waals surface area contributed by atoms with Crippen LogP contribution in [0, 0.1) is 0 Å². The Labute approximate surface area is 199 Å². The molecule has 8 heteroatoms. The monoisotopic (exact) mass is 467 g/mol. The minimum Gasteiger partial charge on any atom is -0.378 e. The molecule has 0 bridgehead atoms. The molecule has 1 aromatic carbocycles. The van der Waals surface area contributed by atoms with Gasteiger partial charge in [-0.25, -0.2) is 4.99 Å². The Kier molecular flexibility index (Phi) is 5.79. The molecule has 1 amide bonds. The summed E-state index contributed by atoms with van der Waals surface area (Å²) in [4.78, 5) is 24.3. The van der Waals surface area contributed by atoms with Crippen molar-refractivity contribution in [3.63, 3.8) is 0 Å². The molecule has 3 heterocycles. The third-order valence-electron chi connectivity index (χ3n) is 6.83. The topological polar surface area (TPSA) is 92.8 Å². The Morgan fingerprint density at radius 3 is 2.73 bits per heavy atom. The van der Waals surface area contributed by atoms with Crippen molar-refractivity contribution in [1.29, 1.82) is 0 Å². The number of aromatic nitrogens is 1. The van der Waals surface area contributed by atoms with Gasteiger partial charge in [-0.05, 0) is 57.7 Å². The second-order valence-corrected chi connectivity index (χ2v) is 9.96. The maximum atomic E-state index is 13.2. The van der Waals surface area contributed by atoms with Crippen LogP contribution >= 0.6 is 11.6 Å². The smallest absolute Gasteiger partial charge is 0.232 e. The molecule has 1 saturated carbocycles. The first kappa shape index (κ1) is 22.2. The number of hydrogen-bond acceptors (Lipinski definition) is 6. The van der Waals surface area contributed by atoms with Gasteiger partial charge < -0.3 is 15.8 Å². The van der Waals surface area contributed by atoms with Gasteiger partial charge in [0.15, 0.2) is 5.96 Å². The number of aliphatic imine (C=N–C) groups is 1. The molecule has 1 aliphatic carbocycles. The number of guanidine groups is 1. The second-order valence-electron chi connectivity index (χ2n) is 9.58. The number of carbonyl (C=O) groups is 1. The lowest BCUT2D eigenvalue weighted by molar-refractivity contribution is -0.133. The van der Waals surface area contributed by atoms with Crippen molar-refractivity contribution < 1.29 is 9.53 Å². The number of carbonyl (C=O) groups excluding carboxylic acids is 1. The quantitative estimate of drug-likeness (QED) is 0.665. The van der Waals surface area contributed by atoms with Crippen LogP contribution in [-0.2, 0) is 15.1 Å². The van der Waals surface area contributed by atoms with E-state index in [4.69, 9.17) is 27.1 Å². The minimum absolute atomic E-state index is 0.0177. The number of benzene rings is 1. The van der Waals surface area contributed by atoms with Crippen molar-refractivity contribution in [3.05, 3.63) is 52.8 Å². The molecule has 3 aliphatic rings. The molecule has 2 aliphatic heterocycles. The van der Waals surface area contributed by atoms with E-state index in [-0.39, 0.29) is 30.4 Å². The number of nitrogens with two attached hydrogens (primary N) is 1. The number of amides is 1. The molecule has 2 fully saturated rings. The largest absolute Gasteiger partial charge is 0.378 e. The van der Waals surface area contributed by atoms with E-state index in [2.05, 4.69) is 16.4 Å². The van der Waals surface area contributed by atoms with Gasteiger partial charge in [0.1, 0.15) is 0 Å². The highest BCUT2D eigenvalue weighted by Gasteiger charge is 2.42. The van der Waals surface area contributed by atoms with E-state index in [1.807, 2.05) is 44.3 Å². The Morgan fingerprint density at radius 2 is 2.06 bits per heavy atom. The average Bonchev–Trinajstić information content (AvgIpc) is 3.60. The van der Waals surface area contributed by atoms with Crippen molar-refractivity contribution in [2.24, 2.45) is 10.7 Å². The van der Waals surface area contributed by atoms with Crippen LogP contribution < -0.4 is 11.1 Å². The molecule has 2 aromatic rings. The average molecular weight is 468 g/mol. The first-order valence-electron chi connectivity index (χ1n) is 11.6. The summed E-state index contributed by atoms with van der Waals surface area (Å²) in [6.45, 7) is 4.56. The summed E-state index contributed by atoms with van der Waals surface area (Å²) >= 11 is 6.84. The number of hydrogen-bond donors (Lipinski definition) is 2. The first-order valence-corrected chi connectivity index (χ1v) is 12.0. The third kappa shape index (κ3) is 4.44. The number of pyridine rings is 1. The summed E-state index contributed by atoms with van der Waals surface area (Å²) in [5, 5.41) is 3.89. The lowest BCUT2D eigenvalue weighted by atomic mass is 9.86. The maximum absolute atomic E-state index is 13.2. The number of halogens is 1. The number of nitrogens with one attached hydrogen (secondary N) is 1. The summed E-state index contributed by atoms with van der Waals surface area (Å²) in [6.07, 6.45) is 6.11. The highest BCUT2D eigenvalue weighted by molar-refractivity contribution is 6.34. The molecule has 3 N–H and O–H groups in total. The molecule has 1 aromatic heterocycles. The maximum Gasteiger partial charge on any atom is 0.232 e. The second kappa shape index (κ2) is 8.61. The van der Waals surface area contributed by atoms with Gasteiger partial charge in [-0.15, -0.1) is 0 Å².